The van der Waals surface area contributed by atoms with Gasteiger partial charge in [-0.15, -0.1) is 0 Å². The smallest absolute Gasteiger partial charge is 0.338 e. The third-order valence-electron chi connectivity index (χ3n) is 4.54. The van der Waals surface area contributed by atoms with Crippen LogP contribution in [-0.2, 0) is 20.9 Å². The zero-order valence-corrected chi connectivity index (χ0v) is 14.4. The Morgan fingerprint density at radius 1 is 1.08 bits per heavy atom. The third-order valence-corrected chi connectivity index (χ3v) is 4.54. The number of nitrogens with zero attached hydrogens (tertiary/aromatic N) is 2. The molecule has 2 aliphatic heterocycles. The number of likely N-dealkylation sites (tertiary alicyclic amines) is 1. The summed E-state index contributed by atoms with van der Waals surface area (Å²) < 4.78 is 5.17. The maximum absolute atomic E-state index is 12.4. The van der Waals surface area contributed by atoms with E-state index in [9.17, 15) is 19.2 Å². The van der Waals surface area contributed by atoms with E-state index in [4.69, 9.17) is 4.74 Å². The first kappa shape index (κ1) is 17.9. The van der Waals surface area contributed by atoms with Gasteiger partial charge >= 0.3 is 12.0 Å². The maximum Gasteiger partial charge on any atom is 0.338 e. The highest BCUT2D eigenvalue weighted by atomic mass is 16.5. The summed E-state index contributed by atoms with van der Waals surface area (Å²) >= 11 is 0. The molecule has 1 aromatic carbocycles. The van der Waals surface area contributed by atoms with Crippen molar-refractivity contribution in [3.63, 3.8) is 0 Å². The zero-order valence-electron chi connectivity index (χ0n) is 14.4. The summed E-state index contributed by atoms with van der Waals surface area (Å²) in [5.41, 5.74) is 0.736. The van der Waals surface area contributed by atoms with E-state index in [1.54, 1.807) is 29.2 Å². The summed E-state index contributed by atoms with van der Waals surface area (Å²) in [6, 6.07) is 6.10. The Balaban J connectivity index is 1.63. The number of ether oxygens (including phenoxy) is 1. The number of hydrogen-bond acceptors (Lipinski definition) is 5. The van der Waals surface area contributed by atoms with Gasteiger partial charge in [0, 0.05) is 13.1 Å². The first-order valence-corrected chi connectivity index (χ1v) is 8.67. The predicted octanol–water partition coefficient (Wildman–Crippen LogP) is 0.908. The fourth-order valence-electron chi connectivity index (χ4n) is 3.08. The Morgan fingerprint density at radius 3 is 2.50 bits per heavy atom. The monoisotopic (exact) mass is 359 g/mol. The highest BCUT2D eigenvalue weighted by Gasteiger charge is 2.29. The van der Waals surface area contributed by atoms with Crippen molar-refractivity contribution in [3.8, 4) is 0 Å². The minimum atomic E-state index is -0.641. The molecule has 0 spiro atoms. The fourth-order valence-corrected chi connectivity index (χ4v) is 3.08. The van der Waals surface area contributed by atoms with E-state index in [2.05, 4.69) is 5.32 Å². The van der Waals surface area contributed by atoms with Gasteiger partial charge in [0.25, 0.3) is 5.91 Å². The number of rotatable bonds is 5. The van der Waals surface area contributed by atoms with E-state index in [0.29, 0.717) is 18.7 Å². The number of imide groups is 1. The van der Waals surface area contributed by atoms with E-state index >= 15 is 0 Å². The number of carbonyl (C=O) groups is 4. The van der Waals surface area contributed by atoms with Crippen LogP contribution in [0.4, 0.5) is 4.79 Å². The molecule has 4 amide bonds. The summed E-state index contributed by atoms with van der Waals surface area (Å²) in [6.45, 7) is 1.01. The molecular formula is C18H21N3O5. The Kier molecular flexibility index (Phi) is 5.50. The van der Waals surface area contributed by atoms with Crippen LogP contribution in [0.2, 0.25) is 0 Å². The second-order valence-corrected chi connectivity index (χ2v) is 6.31. The molecule has 0 bridgehead atoms. The van der Waals surface area contributed by atoms with Gasteiger partial charge in [0.2, 0.25) is 5.91 Å². The Bertz CT molecular complexity index is 711. The SMILES string of the molecule is O=C(OCC(=O)N1CCCCC1)c1ccccc1CN1C(=O)CNC1=O. The average molecular weight is 359 g/mol. The first-order chi connectivity index (χ1) is 12.6. The van der Waals surface area contributed by atoms with Crippen molar-refractivity contribution in [1.29, 1.82) is 0 Å². The summed E-state index contributed by atoms with van der Waals surface area (Å²) in [5.74, 6) is -1.19. The highest BCUT2D eigenvalue weighted by molar-refractivity contribution is 6.02. The van der Waals surface area contributed by atoms with Crippen LogP contribution in [-0.4, -0.2) is 59.9 Å². The van der Waals surface area contributed by atoms with Gasteiger partial charge in [-0.3, -0.25) is 14.5 Å². The molecule has 0 aliphatic carbocycles. The van der Waals surface area contributed by atoms with Gasteiger partial charge in [-0.25, -0.2) is 9.59 Å². The van der Waals surface area contributed by atoms with E-state index in [1.165, 1.54) is 0 Å². The molecule has 26 heavy (non-hydrogen) atoms. The molecule has 2 saturated heterocycles. The molecule has 8 heteroatoms. The van der Waals surface area contributed by atoms with Gasteiger partial charge in [0.15, 0.2) is 6.61 Å². The van der Waals surface area contributed by atoms with Gasteiger partial charge < -0.3 is 15.0 Å². The van der Waals surface area contributed by atoms with Gasteiger partial charge in [-0.1, -0.05) is 18.2 Å². The number of nitrogens with one attached hydrogen (secondary N) is 1. The lowest BCUT2D eigenvalue weighted by Crippen LogP contribution is -2.38. The quantitative estimate of drug-likeness (QED) is 0.623. The van der Waals surface area contributed by atoms with Crippen LogP contribution in [0.1, 0.15) is 35.2 Å². The minimum Gasteiger partial charge on any atom is -0.452 e. The zero-order chi connectivity index (χ0) is 18.5. The molecule has 0 saturated carbocycles. The number of carbonyl (C=O) groups excluding carboxylic acids is 4. The predicted molar refractivity (Wildman–Crippen MR) is 91.1 cm³/mol. The van der Waals surface area contributed by atoms with Crippen molar-refractivity contribution in [1.82, 2.24) is 15.1 Å². The summed E-state index contributed by atoms with van der Waals surface area (Å²) in [4.78, 5) is 50.7. The molecule has 0 radical (unpaired) electrons. The Hall–Kier alpha value is -2.90. The molecule has 2 aliphatic rings. The number of piperidine rings is 1. The highest BCUT2D eigenvalue weighted by Crippen LogP contribution is 2.15. The van der Waals surface area contributed by atoms with Crippen molar-refractivity contribution in [2.75, 3.05) is 26.2 Å². The normalized spacial score (nSPS) is 17.2. The van der Waals surface area contributed by atoms with Crippen LogP contribution in [0.15, 0.2) is 24.3 Å². The number of amides is 4. The molecule has 0 unspecified atom stereocenters. The summed E-state index contributed by atoms with van der Waals surface area (Å²) in [7, 11) is 0. The molecule has 1 N–H and O–H groups in total. The van der Waals surface area contributed by atoms with E-state index in [0.717, 1.165) is 24.2 Å². The van der Waals surface area contributed by atoms with Gasteiger partial charge in [-0.2, -0.15) is 0 Å². The van der Waals surface area contributed by atoms with Crippen molar-refractivity contribution < 1.29 is 23.9 Å². The molecule has 3 rings (SSSR count). The molecule has 0 atom stereocenters. The first-order valence-electron chi connectivity index (χ1n) is 8.67. The topological polar surface area (TPSA) is 96.0 Å². The number of urea groups is 1. The fraction of sp³-hybridized carbons (Fsp3) is 0.444. The second kappa shape index (κ2) is 7.99. The van der Waals surface area contributed by atoms with Gasteiger partial charge in [0.1, 0.15) is 0 Å². The van der Waals surface area contributed by atoms with Gasteiger partial charge in [-0.05, 0) is 30.9 Å². The Labute approximate surface area is 151 Å². The van der Waals surface area contributed by atoms with Crippen LogP contribution < -0.4 is 5.32 Å². The lowest BCUT2D eigenvalue weighted by atomic mass is 10.1. The lowest BCUT2D eigenvalue weighted by molar-refractivity contribution is -0.135. The van der Waals surface area contributed by atoms with Crippen LogP contribution in [0.3, 0.4) is 0 Å². The standard InChI is InChI=1S/C18H21N3O5/c22-15-10-19-18(25)21(15)11-13-6-2-3-7-14(13)17(24)26-12-16(23)20-8-4-1-5-9-20/h2-3,6-7H,1,4-5,8-12H2,(H,19,25). The molecule has 8 nitrogen and oxygen atoms in total. The molecule has 2 heterocycles. The molecule has 2 fully saturated rings. The van der Waals surface area contributed by atoms with Crippen LogP contribution in [0.5, 0.6) is 0 Å². The average Bonchev–Trinajstić information content (AvgIpc) is 2.99. The van der Waals surface area contributed by atoms with Gasteiger partial charge in [0.05, 0.1) is 18.7 Å². The van der Waals surface area contributed by atoms with Crippen molar-refractivity contribution in [2.24, 2.45) is 0 Å². The largest absolute Gasteiger partial charge is 0.452 e. The van der Waals surface area contributed by atoms with Crippen LogP contribution in [0.25, 0.3) is 0 Å². The maximum atomic E-state index is 12.4. The van der Waals surface area contributed by atoms with Crippen molar-refractivity contribution in [2.45, 2.75) is 25.8 Å². The lowest BCUT2D eigenvalue weighted by Gasteiger charge is -2.26. The number of benzene rings is 1. The molecular weight excluding hydrogens is 338 g/mol. The minimum absolute atomic E-state index is 0.0178. The van der Waals surface area contributed by atoms with Crippen LogP contribution >= 0.6 is 0 Å². The van der Waals surface area contributed by atoms with E-state index in [-0.39, 0.29) is 37.1 Å². The van der Waals surface area contributed by atoms with Crippen molar-refractivity contribution in [3.05, 3.63) is 35.4 Å². The second-order valence-electron chi connectivity index (χ2n) is 6.31. The third kappa shape index (κ3) is 4.01. The number of esters is 1. The molecule has 138 valence electrons. The summed E-state index contributed by atoms with van der Waals surface area (Å²) in [5, 5.41) is 2.44. The Morgan fingerprint density at radius 2 is 1.81 bits per heavy atom. The van der Waals surface area contributed by atoms with E-state index < -0.39 is 12.0 Å². The summed E-state index contributed by atoms with van der Waals surface area (Å²) in [6.07, 6.45) is 3.04. The molecule has 1 aromatic rings. The number of hydrogen-bond donors (Lipinski definition) is 1. The van der Waals surface area contributed by atoms with Crippen molar-refractivity contribution >= 4 is 23.8 Å². The van der Waals surface area contributed by atoms with Crippen LogP contribution in [0, 0.1) is 0 Å². The molecule has 0 aromatic heterocycles. The van der Waals surface area contributed by atoms with E-state index in [1.807, 2.05) is 0 Å².